The molecule has 2 aromatic rings. The Morgan fingerprint density at radius 1 is 0.800 bits per heavy atom. The largest absolute Gasteiger partial charge is 0.496 e. The van der Waals surface area contributed by atoms with Crippen molar-refractivity contribution in [3.05, 3.63) is 57.6 Å². The van der Waals surface area contributed by atoms with Gasteiger partial charge in [-0.2, -0.15) is 0 Å². The summed E-state index contributed by atoms with van der Waals surface area (Å²) in [6.07, 6.45) is 0. The summed E-state index contributed by atoms with van der Waals surface area (Å²) in [4.78, 5) is 0. The van der Waals surface area contributed by atoms with Crippen LogP contribution in [0.15, 0.2) is 36.4 Å². The third-order valence-electron chi connectivity index (χ3n) is 2.93. The van der Waals surface area contributed by atoms with Gasteiger partial charge in [-0.15, -0.1) is 11.6 Å². The molecule has 0 heterocycles. The summed E-state index contributed by atoms with van der Waals surface area (Å²) in [7, 11) is 3.18. The lowest BCUT2D eigenvalue weighted by molar-refractivity contribution is 0.404. The minimum atomic E-state index is -0.475. The molecule has 2 nitrogen and oxygen atoms in total. The average molecular weight is 332 g/mol. The van der Waals surface area contributed by atoms with E-state index < -0.39 is 5.38 Å². The van der Waals surface area contributed by atoms with E-state index in [1.807, 2.05) is 0 Å². The first kappa shape index (κ1) is 15.3. The van der Waals surface area contributed by atoms with Crippen LogP contribution in [-0.2, 0) is 0 Å². The van der Waals surface area contributed by atoms with Gasteiger partial charge in [0.2, 0.25) is 0 Å². The van der Waals surface area contributed by atoms with Gasteiger partial charge in [0.05, 0.1) is 19.6 Å². The number of halogens is 3. The Balaban J connectivity index is 2.53. The molecular formula is C15H13Cl3O2. The number of hydrogen-bond donors (Lipinski definition) is 0. The third-order valence-corrected chi connectivity index (χ3v) is 3.87. The summed E-state index contributed by atoms with van der Waals surface area (Å²) in [6.45, 7) is 0. The maximum atomic E-state index is 6.57. The van der Waals surface area contributed by atoms with Crippen LogP contribution in [0.4, 0.5) is 0 Å². The highest BCUT2D eigenvalue weighted by Gasteiger charge is 2.20. The molecule has 0 aliphatic rings. The zero-order chi connectivity index (χ0) is 14.7. The van der Waals surface area contributed by atoms with Crippen molar-refractivity contribution in [1.82, 2.24) is 0 Å². The zero-order valence-corrected chi connectivity index (χ0v) is 13.3. The second-order valence-corrected chi connectivity index (χ2v) is 5.44. The predicted octanol–water partition coefficient (Wildman–Crippen LogP) is 5.34. The minimum absolute atomic E-state index is 0.475. The lowest BCUT2D eigenvalue weighted by Crippen LogP contribution is -2.00. The van der Waals surface area contributed by atoms with Crippen LogP contribution in [0.25, 0.3) is 0 Å². The second-order valence-electron chi connectivity index (χ2n) is 4.14. The number of benzene rings is 2. The smallest absolute Gasteiger partial charge is 0.124 e. The van der Waals surface area contributed by atoms with Gasteiger partial charge in [0, 0.05) is 21.2 Å². The molecule has 0 atom stereocenters. The van der Waals surface area contributed by atoms with Gasteiger partial charge in [-0.05, 0) is 36.4 Å². The van der Waals surface area contributed by atoms with Crippen LogP contribution < -0.4 is 9.47 Å². The molecule has 20 heavy (non-hydrogen) atoms. The first-order valence-electron chi connectivity index (χ1n) is 5.87. The summed E-state index contributed by atoms with van der Waals surface area (Å²) in [5.74, 6) is 1.33. The van der Waals surface area contributed by atoms with Crippen LogP contribution in [0.5, 0.6) is 11.5 Å². The Morgan fingerprint density at radius 3 is 1.55 bits per heavy atom. The molecule has 0 radical (unpaired) electrons. The summed E-state index contributed by atoms with van der Waals surface area (Å²) in [5, 5.41) is 0.706. The lowest BCUT2D eigenvalue weighted by atomic mass is 10.0. The van der Waals surface area contributed by atoms with Crippen LogP contribution in [-0.4, -0.2) is 14.2 Å². The van der Waals surface area contributed by atoms with E-state index in [0.717, 1.165) is 11.1 Å². The molecule has 0 amide bonds. The van der Waals surface area contributed by atoms with E-state index >= 15 is 0 Å². The highest BCUT2D eigenvalue weighted by atomic mass is 35.5. The number of rotatable bonds is 4. The van der Waals surface area contributed by atoms with Crippen molar-refractivity contribution in [2.24, 2.45) is 0 Å². The fraction of sp³-hybridized carbons (Fsp3) is 0.200. The molecule has 5 heteroatoms. The molecule has 0 fully saturated rings. The van der Waals surface area contributed by atoms with Gasteiger partial charge in [0.25, 0.3) is 0 Å². The molecule has 0 saturated carbocycles. The van der Waals surface area contributed by atoms with Gasteiger partial charge >= 0.3 is 0 Å². The average Bonchev–Trinajstić information content (AvgIpc) is 2.46. The SMILES string of the molecule is COc1ccc(Cl)cc1C(Cl)c1cc(Cl)ccc1OC. The maximum Gasteiger partial charge on any atom is 0.124 e. The van der Waals surface area contributed by atoms with Gasteiger partial charge in [-0.3, -0.25) is 0 Å². The Labute approximate surface area is 133 Å². The van der Waals surface area contributed by atoms with Crippen LogP contribution in [0.3, 0.4) is 0 Å². The fourth-order valence-electron chi connectivity index (χ4n) is 1.97. The van der Waals surface area contributed by atoms with Gasteiger partial charge in [-0.1, -0.05) is 23.2 Å². The van der Waals surface area contributed by atoms with Crippen molar-refractivity contribution in [2.45, 2.75) is 5.38 Å². The van der Waals surface area contributed by atoms with Gasteiger partial charge < -0.3 is 9.47 Å². The van der Waals surface area contributed by atoms with Crippen LogP contribution in [0.2, 0.25) is 10.0 Å². The summed E-state index contributed by atoms with van der Waals surface area (Å²) < 4.78 is 10.7. The number of alkyl halides is 1. The van der Waals surface area contributed by atoms with Crippen molar-refractivity contribution in [1.29, 1.82) is 0 Å². The second kappa shape index (κ2) is 6.57. The molecule has 2 rings (SSSR count). The van der Waals surface area contributed by atoms with Crippen molar-refractivity contribution < 1.29 is 9.47 Å². The Bertz CT molecular complexity index is 561. The monoisotopic (exact) mass is 330 g/mol. The van der Waals surface area contributed by atoms with E-state index in [4.69, 9.17) is 44.3 Å². The Morgan fingerprint density at radius 2 is 1.20 bits per heavy atom. The summed E-state index contributed by atoms with van der Waals surface area (Å²) in [6, 6.07) is 10.6. The standard InChI is InChI=1S/C15H13Cl3O2/c1-19-13-5-3-9(16)7-11(13)15(18)12-8-10(17)4-6-14(12)20-2/h3-8,15H,1-2H3. The molecule has 0 N–H and O–H groups in total. The van der Waals surface area contributed by atoms with Crippen molar-refractivity contribution >= 4 is 34.8 Å². The van der Waals surface area contributed by atoms with E-state index in [1.54, 1.807) is 50.6 Å². The fourth-order valence-corrected chi connectivity index (χ4v) is 2.68. The highest BCUT2D eigenvalue weighted by Crippen LogP contribution is 2.41. The van der Waals surface area contributed by atoms with Gasteiger partial charge in [0.15, 0.2) is 0 Å². The third kappa shape index (κ3) is 3.14. The molecule has 0 aromatic heterocycles. The molecule has 0 bridgehead atoms. The van der Waals surface area contributed by atoms with Crippen LogP contribution in [0, 0.1) is 0 Å². The van der Waals surface area contributed by atoms with Gasteiger partial charge in [-0.25, -0.2) is 0 Å². The van der Waals surface area contributed by atoms with E-state index in [2.05, 4.69) is 0 Å². The number of ether oxygens (including phenoxy) is 2. The normalized spacial score (nSPS) is 10.7. The topological polar surface area (TPSA) is 18.5 Å². The summed E-state index contributed by atoms with van der Waals surface area (Å²) in [5.41, 5.74) is 1.53. The van der Waals surface area contributed by atoms with E-state index in [9.17, 15) is 0 Å². The first-order chi connectivity index (χ1) is 9.56. The molecule has 2 aromatic carbocycles. The van der Waals surface area contributed by atoms with Crippen molar-refractivity contribution in [3.8, 4) is 11.5 Å². The van der Waals surface area contributed by atoms with Crippen LogP contribution in [0.1, 0.15) is 16.5 Å². The number of methoxy groups -OCH3 is 2. The molecule has 106 valence electrons. The van der Waals surface area contributed by atoms with E-state index in [-0.39, 0.29) is 0 Å². The molecule has 0 aliphatic carbocycles. The van der Waals surface area contributed by atoms with Crippen molar-refractivity contribution in [3.63, 3.8) is 0 Å². The Hall–Kier alpha value is -1.09. The number of hydrogen-bond acceptors (Lipinski definition) is 2. The molecule has 0 spiro atoms. The maximum absolute atomic E-state index is 6.57. The molecular weight excluding hydrogens is 319 g/mol. The summed E-state index contributed by atoms with van der Waals surface area (Å²) >= 11 is 18.6. The zero-order valence-electron chi connectivity index (χ0n) is 11.0. The van der Waals surface area contributed by atoms with E-state index in [0.29, 0.717) is 21.5 Å². The molecule has 0 saturated heterocycles. The molecule has 0 aliphatic heterocycles. The van der Waals surface area contributed by atoms with E-state index in [1.165, 1.54) is 0 Å². The lowest BCUT2D eigenvalue weighted by Gasteiger charge is -2.17. The van der Waals surface area contributed by atoms with Crippen LogP contribution >= 0.6 is 34.8 Å². The molecule has 0 unspecified atom stereocenters. The van der Waals surface area contributed by atoms with Gasteiger partial charge in [0.1, 0.15) is 11.5 Å². The van der Waals surface area contributed by atoms with Crippen molar-refractivity contribution in [2.75, 3.05) is 14.2 Å². The predicted molar refractivity (Wildman–Crippen MR) is 83.7 cm³/mol. The quantitative estimate of drug-likeness (QED) is 0.704. The highest BCUT2D eigenvalue weighted by molar-refractivity contribution is 6.31. The first-order valence-corrected chi connectivity index (χ1v) is 7.07. The Kier molecular flexibility index (Phi) is 5.03. The minimum Gasteiger partial charge on any atom is -0.496 e.